The van der Waals surface area contributed by atoms with Gasteiger partial charge in [-0.25, -0.2) is 13.8 Å². The van der Waals surface area contributed by atoms with E-state index < -0.39 is 11.6 Å². The van der Waals surface area contributed by atoms with E-state index in [-0.39, 0.29) is 23.6 Å². The first-order valence-corrected chi connectivity index (χ1v) is 4.83. The van der Waals surface area contributed by atoms with Crippen LogP contribution in [0, 0.1) is 24.0 Å². The van der Waals surface area contributed by atoms with E-state index >= 15 is 0 Å². The molecule has 3 nitrogen and oxygen atoms in total. The highest BCUT2D eigenvalue weighted by molar-refractivity contribution is 5.70. The van der Waals surface area contributed by atoms with E-state index in [1.54, 1.807) is 0 Å². The fraction of sp³-hybridized carbons (Fsp3) is 0.0833. The molecule has 0 aliphatic heterocycles. The Labute approximate surface area is 96.9 Å². The number of aromatic nitrogens is 2. The lowest BCUT2D eigenvalue weighted by atomic mass is 10.1. The molecule has 0 radical (unpaired) electrons. The zero-order valence-electron chi connectivity index (χ0n) is 8.82. The lowest BCUT2D eigenvalue weighted by molar-refractivity contribution is 0.585. The number of rotatable bonds is 2. The molecule has 0 spiro atoms. The summed E-state index contributed by atoms with van der Waals surface area (Å²) in [5.41, 5.74) is 6.19. The summed E-state index contributed by atoms with van der Waals surface area (Å²) >= 11 is 0. The van der Waals surface area contributed by atoms with E-state index in [4.69, 9.17) is 12.2 Å². The van der Waals surface area contributed by atoms with Gasteiger partial charge in [0.15, 0.2) is 0 Å². The molecule has 86 valence electrons. The van der Waals surface area contributed by atoms with Crippen LogP contribution < -0.4 is 5.73 Å². The molecule has 0 saturated carbocycles. The molecule has 0 aliphatic carbocycles. The molecule has 0 unspecified atom stereocenters. The van der Waals surface area contributed by atoms with Gasteiger partial charge in [-0.1, -0.05) is 5.92 Å². The Balaban J connectivity index is 2.50. The Bertz CT molecular complexity index is 596. The van der Waals surface area contributed by atoms with Crippen LogP contribution in [0.2, 0.25) is 0 Å². The lowest BCUT2D eigenvalue weighted by Crippen LogP contribution is -2.01. The van der Waals surface area contributed by atoms with Crippen LogP contribution in [0.3, 0.4) is 0 Å². The fourth-order valence-corrected chi connectivity index (χ4v) is 1.51. The van der Waals surface area contributed by atoms with Gasteiger partial charge in [0.1, 0.15) is 23.1 Å². The van der Waals surface area contributed by atoms with E-state index in [9.17, 15) is 8.78 Å². The molecule has 17 heavy (non-hydrogen) atoms. The van der Waals surface area contributed by atoms with Crippen molar-refractivity contribution in [3.63, 3.8) is 0 Å². The standard InChI is InChI=1S/C12H9F2N3/c1-2-5-17-7-16-11(12(17)15)9-4-3-8(13)6-10(9)14/h1,3-4,6-7H,5,15H2. The zero-order chi connectivity index (χ0) is 12.4. The number of anilines is 1. The van der Waals surface area contributed by atoms with Crippen molar-refractivity contribution >= 4 is 5.82 Å². The summed E-state index contributed by atoms with van der Waals surface area (Å²) in [5.74, 6) is 1.31. The van der Waals surface area contributed by atoms with Crippen molar-refractivity contribution in [3.8, 4) is 23.6 Å². The molecule has 0 fully saturated rings. The van der Waals surface area contributed by atoms with Gasteiger partial charge in [-0.05, 0) is 12.1 Å². The number of terminal acetylenes is 1. The Morgan fingerprint density at radius 2 is 2.18 bits per heavy atom. The first kappa shape index (κ1) is 11.1. The van der Waals surface area contributed by atoms with Gasteiger partial charge in [-0.3, -0.25) is 0 Å². The van der Waals surface area contributed by atoms with Crippen molar-refractivity contribution in [2.75, 3.05) is 5.73 Å². The predicted octanol–water partition coefficient (Wildman–Crippen LogP) is 2.04. The maximum Gasteiger partial charge on any atom is 0.135 e. The van der Waals surface area contributed by atoms with E-state index in [0.29, 0.717) is 0 Å². The molecule has 0 atom stereocenters. The number of halogens is 2. The maximum absolute atomic E-state index is 13.5. The normalized spacial score (nSPS) is 10.2. The third-order valence-electron chi connectivity index (χ3n) is 2.33. The van der Waals surface area contributed by atoms with Gasteiger partial charge in [0.05, 0.1) is 12.9 Å². The molecule has 0 saturated heterocycles. The second-order valence-corrected chi connectivity index (χ2v) is 3.43. The van der Waals surface area contributed by atoms with Gasteiger partial charge in [0.2, 0.25) is 0 Å². The smallest absolute Gasteiger partial charge is 0.135 e. The van der Waals surface area contributed by atoms with Gasteiger partial charge >= 0.3 is 0 Å². The number of imidazole rings is 1. The maximum atomic E-state index is 13.5. The number of hydrogen-bond acceptors (Lipinski definition) is 2. The van der Waals surface area contributed by atoms with Crippen molar-refractivity contribution in [1.82, 2.24) is 9.55 Å². The summed E-state index contributed by atoms with van der Waals surface area (Å²) in [5, 5.41) is 0. The second-order valence-electron chi connectivity index (χ2n) is 3.43. The van der Waals surface area contributed by atoms with Crippen molar-refractivity contribution < 1.29 is 8.78 Å². The van der Waals surface area contributed by atoms with E-state index in [0.717, 1.165) is 12.1 Å². The molecule has 2 rings (SSSR count). The molecule has 1 heterocycles. The van der Waals surface area contributed by atoms with Crippen LogP contribution in [0.15, 0.2) is 24.5 Å². The van der Waals surface area contributed by atoms with Crippen molar-refractivity contribution in [2.24, 2.45) is 0 Å². The lowest BCUT2D eigenvalue weighted by Gasteiger charge is -2.03. The molecule has 2 aromatic rings. The van der Waals surface area contributed by atoms with Crippen LogP contribution >= 0.6 is 0 Å². The van der Waals surface area contributed by atoms with Crippen molar-refractivity contribution in [2.45, 2.75) is 6.54 Å². The highest BCUT2D eigenvalue weighted by Crippen LogP contribution is 2.27. The molecule has 1 aromatic carbocycles. The summed E-state index contributed by atoms with van der Waals surface area (Å²) in [4.78, 5) is 3.98. The topological polar surface area (TPSA) is 43.8 Å². The molecule has 0 amide bonds. The summed E-state index contributed by atoms with van der Waals surface area (Å²) in [7, 11) is 0. The summed E-state index contributed by atoms with van der Waals surface area (Å²) < 4.78 is 27.8. The molecule has 5 heteroatoms. The minimum atomic E-state index is -0.706. The molecule has 2 N–H and O–H groups in total. The minimum Gasteiger partial charge on any atom is -0.383 e. The minimum absolute atomic E-state index is 0.152. The highest BCUT2D eigenvalue weighted by Gasteiger charge is 2.13. The third-order valence-corrected chi connectivity index (χ3v) is 2.33. The van der Waals surface area contributed by atoms with Gasteiger partial charge in [0, 0.05) is 11.6 Å². The molecule has 1 aromatic heterocycles. The number of hydrogen-bond donors (Lipinski definition) is 1. The molecular formula is C12H9F2N3. The van der Waals surface area contributed by atoms with Gasteiger partial charge in [0.25, 0.3) is 0 Å². The zero-order valence-corrected chi connectivity index (χ0v) is 8.82. The Hall–Kier alpha value is -2.35. The first-order valence-electron chi connectivity index (χ1n) is 4.83. The molecule has 0 bridgehead atoms. The van der Waals surface area contributed by atoms with Crippen LogP contribution in [0.4, 0.5) is 14.6 Å². The van der Waals surface area contributed by atoms with E-state index in [1.165, 1.54) is 17.0 Å². The summed E-state index contributed by atoms with van der Waals surface area (Å²) in [6.07, 6.45) is 6.57. The average Bonchev–Trinajstić information content (AvgIpc) is 2.62. The van der Waals surface area contributed by atoms with Crippen molar-refractivity contribution in [3.05, 3.63) is 36.2 Å². The van der Waals surface area contributed by atoms with Crippen LogP contribution in [0.1, 0.15) is 0 Å². The second kappa shape index (κ2) is 4.26. The van der Waals surface area contributed by atoms with E-state index in [1.807, 2.05) is 0 Å². The Morgan fingerprint density at radius 3 is 2.82 bits per heavy atom. The molecule has 0 aliphatic rings. The Kier molecular flexibility index (Phi) is 2.79. The highest BCUT2D eigenvalue weighted by atomic mass is 19.1. The van der Waals surface area contributed by atoms with Crippen LogP contribution in [-0.2, 0) is 6.54 Å². The number of nitrogens with zero attached hydrogens (tertiary/aromatic N) is 2. The summed E-state index contributed by atoms with van der Waals surface area (Å²) in [6.45, 7) is 0.252. The van der Waals surface area contributed by atoms with Gasteiger partial charge in [-0.15, -0.1) is 6.42 Å². The van der Waals surface area contributed by atoms with Crippen molar-refractivity contribution in [1.29, 1.82) is 0 Å². The largest absolute Gasteiger partial charge is 0.383 e. The monoisotopic (exact) mass is 233 g/mol. The number of nitrogen functional groups attached to an aromatic ring is 1. The van der Waals surface area contributed by atoms with Crippen LogP contribution in [0.25, 0.3) is 11.3 Å². The fourth-order valence-electron chi connectivity index (χ4n) is 1.51. The predicted molar refractivity (Wildman–Crippen MR) is 60.8 cm³/mol. The summed E-state index contributed by atoms with van der Waals surface area (Å²) in [6, 6.07) is 3.23. The number of benzene rings is 1. The first-order chi connectivity index (χ1) is 8.13. The average molecular weight is 233 g/mol. The quantitative estimate of drug-likeness (QED) is 0.807. The van der Waals surface area contributed by atoms with Gasteiger partial charge < -0.3 is 10.3 Å². The van der Waals surface area contributed by atoms with Crippen LogP contribution in [-0.4, -0.2) is 9.55 Å². The number of nitrogens with two attached hydrogens (primary N) is 1. The SMILES string of the molecule is C#CCn1cnc(-c2ccc(F)cc2F)c1N. The van der Waals surface area contributed by atoms with Crippen LogP contribution in [0.5, 0.6) is 0 Å². The van der Waals surface area contributed by atoms with E-state index in [2.05, 4.69) is 10.9 Å². The van der Waals surface area contributed by atoms with Gasteiger partial charge in [-0.2, -0.15) is 0 Å². The Morgan fingerprint density at radius 1 is 1.41 bits per heavy atom. The molecular weight excluding hydrogens is 224 g/mol. The third kappa shape index (κ3) is 1.97.